The monoisotopic (exact) mass is 690 g/mol. The normalized spacial score (nSPS) is 27.7. The lowest BCUT2D eigenvalue weighted by Gasteiger charge is -2.61. The Bertz CT molecular complexity index is 1520. The summed E-state index contributed by atoms with van der Waals surface area (Å²) in [4.78, 5) is 51.8. The van der Waals surface area contributed by atoms with Crippen molar-refractivity contribution < 1.29 is 62.9 Å². The maximum Gasteiger partial charge on any atom is 0.509 e. The SMILES string of the molecule is COc1ccc2c3c1O[C@H]1C(OC(=O)[C@H](C)OC(O)[C@H](CCC(=O)O)NC(=O)[C@H](C)OC(=O)OC(C)(C)C)=CC[C@@]4(O)[C@@H](C2)N(C)CC[C@]314. The fourth-order valence-electron chi connectivity index (χ4n) is 7.48. The zero-order valence-electron chi connectivity index (χ0n) is 28.8. The van der Waals surface area contributed by atoms with Gasteiger partial charge in [0.05, 0.1) is 24.2 Å². The van der Waals surface area contributed by atoms with Gasteiger partial charge in [-0.3, -0.25) is 9.59 Å². The number of methoxy groups -OCH3 is 1. The van der Waals surface area contributed by atoms with Crippen molar-refractivity contribution >= 4 is 24.0 Å². The van der Waals surface area contributed by atoms with E-state index in [0.29, 0.717) is 30.9 Å². The van der Waals surface area contributed by atoms with Crippen LogP contribution in [0, 0.1) is 0 Å². The lowest BCUT2D eigenvalue weighted by Crippen LogP contribution is -2.74. The topological polar surface area (TPSA) is 200 Å². The zero-order valence-corrected chi connectivity index (χ0v) is 28.8. The third kappa shape index (κ3) is 6.68. The van der Waals surface area contributed by atoms with Crippen LogP contribution in [-0.4, -0.2) is 113 Å². The molecule has 270 valence electrons. The molecule has 0 aromatic heterocycles. The van der Waals surface area contributed by atoms with E-state index in [1.165, 1.54) is 21.0 Å². The Morgan fingerprint density at radius 3 is 2.53 bits per heavy atom. The lowest BCUT2D eigenvalue weighted by molar-refractivity contribution is -0.188. The van der Waals surface area contributed by atoms with Crippen LogP contribution in [0.15, 0.2) is 24.0 Å². The number of hydrogen-bond acceptors (Lipinski definition) is 13. The highest BCUT2D eigenvalue weighted by molar-refractivity contribution is 5.82. The molecule has 0 radical (unpaired) electrons. The van der Waals surface area contributed by atoms with E-state index in [1.54, 1.807) is 26.8 Å². The Hall–Kier alpha value is -3.92. The molecule has 49 heavy (non-hydrogen) atoms. The van der Waals surface area contributed by atoms with Gasteiger partial charge >= 0.3 is 18.1 Å². The average Bonchev–Trinajstić information content (AvgIpc) is 3.37. The van der Waals surface area contributed by atoms with Crippen molar-refractivity contribution in [2.75, 3.05) is 20.7 Å². The Morgan fingerprint density at radius 1 is 1.16 bits per heavy atom. The first-order valence-electron chi connectivity index (χ1n) is 16.4. The summed E-state index contributed by atoms with van der Waals surface area (Å²) in [5, 5.41) is 35.0. The highest BCUT2D eigenvalue weighted by atomic mass is 16.7. The number of carboxylic acid groups (broad SMARTS) is 1. The van der Waals surface area contributed by atoms with Crippen molar-refractivity contribution in [2.45, 2.75) is 120 Å². The largest absolute Gasteiger partial charge is 0.509 e. The van der Waals surface area contributed by atoms with Gasteiger partial charge in [-0.15, -0.1) is 0 Å². The van der Waals surface area contributed by atoms with E-state index in [4.69, 9.17) is 28.4 Å². The molecule has 8 atom stereocenters. The molecular formula is C34H46N2O13. The molecule has 2 heterocycles. The second kappa shape index (κ2) is 13.4. The van der Waals surface area contributed by atoms with Gasteiger partial charge in [-0.1, -0.05) is 6.07 Å². The van der Waals surface area contributed by atoms with E-state index < -0.39 is 77.7 Å². The molecule has 1 unspecified atom stereocenters. The first kappa shape index (κ1) is 36.4. The van der Waals surface area contributed by atoms with E-state index in [0.717, 1.165) is 11.1 Å². The summed E-state index contributed by atoms with van der Waals surface area (Å²) in [6.45, 7) is 8.17. The maximum absolute atomic E-state index is 13.4. The first-order chi connectivity index (χ1) is 22.9. The predicted molar refractivity (Wildman–Crippen MR) is 170 cm³/mol. The zero-order chi connectivity index (χ0) is 36.1. The smallest absolute Gasteiger partial charge is 0.493 e. The standard InChI is InChI=1S/C34H46N2O13/c1-17(46-31(42)49-32(3,4)5)28(39)35-20(9-11-24(37)38)30(41)45-18(2)29(40)47-22-12-13-34(43)23-16-19-8-10-21(44-7)26-25(19)33(34,27(22)48-26)14-15-36(23)6/h8,10,12,17-18,20,23,27,30,41,43H,9,11,13-16H2,1-7H3,(H,35,39)(H,37,38)/t17-,18-,20-,23+,27-,30?,33-,34+/m0/s1. The summed E-state index contributed by atoms with van der Waals surface area (Å²) in [6, 6.07) is 2.32. The summed E-state index contributed by atoms with van der Waals surface area (Å²) in [6.07, 6.45) is -4.25. The van der Waals surface area contributed by atoms with Crippen molar-refractivity contribution in [2.24, 2.45) is 0 Å². The number of hydrogen-bond donors (Lipinski definition) is 4. The Balaban J connectivity index is 1.29. The van der Waals surface area contributed by atoms with Crippen LogP contribution in [0.1, 0.15) is 71.4 Å². The summed E-state index contributed by atoms with van der Waals surface area (Å²) in [5.74, 6) is -1.72. The minimum atomic E-state index is -1.85. The number of benzene rings is 1. The highest BCUT2D eigenvalue weighted by Crippen LogP contribution is 2.65. The Labute approximate surface area is 284 Å². The predicted octanol–water partition coefficient (Wildman–Crippen LogP) is 1.93. The maximum atomic E-state index is 13.4. The van der Waals surface area contributed by atoms with E-state index in [1.807, 2.05) is 19.2 Å². The van der Waals surface area contributed by atoms with Crippen LogP contribution in [0.3, 0.4) is 0 Å². The number of likely N-dealkylation sites (N-methyl/N-ethyl adjacent to an activating group) is 1. The minimum absolute atomic E-state index is 0.192. The van der Waals surface area contributed by atoms with Crippen molar-refractivity contribution in [3.63, 3.8) is 0 Å². The molecule has 2 bridgehead atoms. The lowest BCUT2D eigenvalue weighted by atomic mass is 9.50. The van der Waals surface area contributed by atoms with Crippen LogP contribution in [0.25, 0.3) is 0 Å². The van der Waals surface area contributed by atoms with Crippen molar-refractivity contribution in [3.05, 3.63) is 35.1 Å². The van der Waals surface area contributed by atoms with Crippen LogP contribution in [0.4, 0.5) is 4.79 Å². The number of likely N-dealkylation sites (tertiary alicyclic amines) is 1. The van der Waals surface area contributed by atoms with E-state index >= 15 is 0 Å². The number of carbonyl (C=O) groups excluding carboxylic acids is 3. The Kier molecular flexibility index (Phi) is 9.96. The summed E-state index contributed by atoms with van der Waals surface area (Å²) >= 11 is 0. The molecule has 0 saturated carbocycles. The van der Waals surface area contributed by atoms with Crippen LogP contribution in [-0.2, 0) is 45.2 Å². The second-order valence-electron chi connectivity index (χ2n) is 14.1. The van der Waals surface area contributed by atoms with Gasteiger partial charge in [0.15, 0.2) is 36.1 Å². The van der Waals surface area contributed by atoms with Crippen LogP contribution >= 0.6 is 0 Å². The molecule has 15 heteroatoms. The van der Waals surface area contributed by atoms with Crippen LogP contribution in [0.5, 0.6) is 11.5 Å². The number of carbonyl (C=O) groups is 4. The number of aliphatic hydroxyl groups excluding tert-OH is 1. The van der Waals surface area contributed by atoms with Gasteiger partial charge < -0.3 is 54.0 Å². The number of ether oxygens (including phenoxy) is 6. The van der Waals surface area contributed by atoms with Gasteiger partial charge in [0.1, 0.15) is 11.4 Å². The van der Waals surface area contributed by atoms with Crippen LogP contribution in [0.2, 0.25) is 0 Å². The number of esters is 1. The molecule has 1 saturated heterocycles. The number of piperidine rings is 1. The quantitative estimate of drug-likeness (QED) is 0.183. The van der Waals surface area contributed by atoms with Gasteiger partial charge in [0.25, 0.3) is 5.91 Å². The molecule has 1 spiro atoms. The number of aliphatic carboxylic acids is 1. The molecule has 1 amide bonds. The number of nitrogens with zero attached hydrogens (tertiary/aromatic N) is 1. The first-order valence-corrected chi connectivity index (χ1v) is 16.4. The van der Waals surface area contributed by atoms with E-state index in [2.05, 4.69) is 10.2 Å². The molecule has 1 fully saturated rings. The third-order valence-corrected chi connectivity index (χ3v) is 9.82. The molecule has 4 N–H and O–H groups in total. The highest BCUT2D eigenvalue weighted by Gasteiger charge is 2.72. The molecule has 2 aliphatic carbocycles. The second-order valence-corrected chi connectivity index (χ2v) is 14.1. The van der Waals surface area contributed by atoms with Gasteiger partial charge in [0, 0.05) is 24.4 Å². The van der Waals surface area contributed by atoms with Gasteiger partial charge in [-0.2, -0.15) is 0 Å². The number of aliphatic hydroxyl groups is 2. The van der Waals surface area contributed by atoms with E-state index in [9.17, 15) is 34.5 Å². The minimum Gasteiger partial charge on any atom is -0.493 e. The van der Waals surface area contributed by atoms with Crippen molar-refractivity contribution in [1.29, 1.82) is 0 Å². The van der Waals surface area contributed by atoms with Gasteiger partial charge in [-0.25, -0.2) is 9.59 Å². The summed E-state index contributed by atoms with van der Waals surface area (Å²) < 4.78 is 33.6. The number of carboxylic acids is 1. The molecular weight excluding hydrogens is 644 g/mol. The molecule has 2 aliphatic heterocycles. The van der Waals surface area contributed by atoms with Crippen LogP contribution < -0.4 is 14.8 Å². The van der Waals surface area contributed by atoms with Gasteiger partial charge in [-0.05, 0) is 85.2 Å². The Morgan fingerprint density at radius 2 is 1.88 bits per heavy atom. The average molecular weight is 691 g/mol. The molecule has 15 nitrogen and oxygen atoms in total. The molecule has 4 aliphatic rings. The molecule has 5 rings (SSSR count). The number of rotatable bonds is 12. The third-order valence-electron chi connectivity index (χ3n) is 9.82. The van der Waals surface area contributed by atoms with Crippen molar-refractivity contribution in [1.82, 2.24) is 10.2 Å². The van der Waals surface area contributed by atoms with E-state index in [-0.39, 0.29) is 24.6 Å². The van der Waals surface area contributed by atoms with Gasteiger partial charge in [0.2, 0.25) is 0 Å². The number of nitrogens with one attached hydrogen (secondary N) is 1. The fourth-order valence-corrected chi connectivity index (χ4v) is 7.48. The van der Waals surface area contributed by atoms with Crippen molar-refractivity contribution in [3.8, 4) is 11.5 Å². The summed E-state index contributed by atoms with van der Waals surface area (Å²) in [7, 11) is 3.52. The fraction of sp³-hybridized carbons (Fsp3) is 0.647. The molecule has 1 aromatic carbocycles. The number of amides is 1. The molecule has 1 aromatic rings. The summed E-state index contributed by atoms with van der Waals surface area (Å²) in [5.41, 5.74) is -1.07.